The quantitative estimate of drug-likeness (QED) is 0.340. The van der Waals surface area contributed by atoms with Gasteiger partial charge in [-0.05, 0) is 62.2 Å². The van der Waals surface area contributed by atoms with Gasteiger partial charge in [-0.2, -0.15) is 9.59 Å². The van der Waals surface area contributed by atoms with Gasteiger partial charge in [-0.3, -0.25) is 14.7 Å². The van der Waals surface area contributed by atoms with Gasteiger partial charge in [-0.15, -0.1) is 0 Å². The largest absolute Gasteiger partial charge is 0.504 e. The molecule has 0 saturated carbocycles. The molecular weight excluding hydrogens is 465 g/mol. The van der Waals surface area contributed by atoms with Crippen LogP contribution in [0.25, 0.3) is 10.9 Å². The lowest BCUT2D eigenvalue weighted by molar-refractivity contribution is -0.191. The second-order valence-corrected chi connectivity index (χ2v) is 8.49. The van der Waals surface area contributed by atoms with Gasteiger partial charge in [0.25, 0.3) is 0 Å². The normalized spacial score (nSPS) is 13.7. The van der Waals surface area contributed by atoms with Crippen molar-refractivity contribution in [3.63, 3.8) is 0 Å². The molecule has 0 spiro atoms. The number of hydrogen-bond donors (Lipinski definition) is 2. The van der Waals surface area contributed by atoms with E-state index in [1.807, 2.05) is 12.1 Å². The summed E-state index contributed by atoms with van der Waals surface area (Å²) in [6, 6.07) is 9.77. The molecule has 3 N–H and O–H groups in total. The summed E-state index contributed by atoms with van der Waals surface area (Å²) in [6.07, 6.45) is 4.58. The summed E-state index contributed by atoms with van der Waals surface area (Å²) in [6.45, 7) is 5.13. The average Bonchev–Trinajstić information content (AvgIpc) is 2.90. The van der Waals surface area contributed by atoms with E-state index in [-0.39, 0.29) is 35.6 Å². The Morgan fingerprint density at radius 2 is 1.78 bits per heavy atom. The van der Waals surface area contributed by atoms with E-state index in [1.165, 1.54) is 12.1 Å². The Bertz CT molecular complexity index is 1190. The SMILES string of the molecule is NCCCCN1CCN(c2nc(C(=O)CCc3ccc(F)cc3)c(O)c3ncccc23)CC1.O=C=O. The van der Waals surface area contributed by atoms with Gasteiger partial charge in [-0.25, -0.2) is 9.37 Å². The van der Waals surface area contributed by atoms with E-state index in [1.54, 1.807) is 18.3 Å². The van der Waals surface area contributed by atoms with Gasteiger partial charge in [0.05, 0.1) is 0 Å². The number of benzene rings is 1. The standard InChI is InChI=1S/C25H30FN5O2.CO2/c26-19-8-5-18(6-9-19)7-10-21(32)23-24(33)22-20(4-3-12-28-22)25(29-23)31-16-14-30(15-17-31)13-2-1-11-27;2-1-3/h3-6,8-9,12,33H,1-2,7,10-11,13-17,27H2;. The molecule has 2 aromatic heterocycles. The van der Waals surface area contributed by atoms with Crippen LogP contribution in [0.4, 0.5) is 10.2 Å². The van der Waals surface area contributed by atoms with Gasteiger partial charge in [-0.1, -0.05) is 12.1 Å². The van der Waals surface area contributed by atoms with Crippen molar-refractivity contribution < 1.29 is 23.9 Å². The number of Topliss-reactive ketones (excluding diaryl/α,β-unsaturated/α-hetero) is 1. The zero-order chi connectivity index (χ0) is 25.9. The molecule has 10 heteroatoms. The number of aryl methyl sites for hydroxylation is 1. The number of unbranched alkanes of at least 4 members (excludes halogenated alkanes) is 1. The van der Waals surface area contributed by atoms with Crippen LogP contribution in [0.5, 0.6) is 5.75 Å². The van der Waals surface area contributed by atoms with Crippen molar-refractivity contribution in [3.05, 3.63) is 59.7 Å². The number of halogens is 1. The molecule has 1 saturated heterocycles. The summed E-state index contributed by atoms with van der Waals surface area (Å²) in [4.78, 5) is 42.8. The van der Waals surface area contributed by atoms with Gasteiger partial charge < -0.3 is 15.7 Å². The zero-order valence-corrected chi connectivity index (χ0v) is 20.0. The Morgan fingerprint density at radius 1 is 1.08 bits per heavy atom. The minimum Gasteiger partial charge on any atom is -0.504 e. The molecule has 4 rings (SSSR count). The number of aromatic hydroxyl groups is 1. The highest BCUT2D eigenvalue weighted by Crippen LogP contribution is 2.33. The Balaban J connectivity index is 0.00000115. The highest BCUT2D eigenvalue weighted by Gasteiger charge is 2.25. The Kier molecular flexibility index (Phi) is 10.00. The van der Waals surface area contributed by atoms with Crippen molar-refractivity contribution in [1.82, 2.24) is 14.9 Å². The maximum absolute atomic E-state index is 13.1. The number of piperazine rings is 1. The predicted molar refractivity (Wildman–Crippen MR) is 132 cm³/mol. The molecular formula is C26H30FN5O4. The Labute approximate surface area is 208 Å². The third-order valence-corrected chi connectivity index (χ3v) is 6.13. The lowest BCUT2D eigenvalue weighted by atomic mass is 10.0. The summed E-state index contributed by atoms with van der Waals surface area (Å²) < 4.78 is 13.1. The van der Waals surface area contributed by atoms with E-state index in [9.17, 15) is 14.3 Å². The smallest absolute Gasteiger partial charge is 0.373 e. The first-order valence-corrected chi connectivity index (χ1v) is 11.9. The van der Waals surface area contributed by atoms with Crippen LogP contribution < -0.4 is 10.6 Å². The highest BCUT2D eigenvalue weighted by molar-refractivity contribution is 6.04. The van der Waals surface area contributed by atoms with E-state index in [0.29, 0.717) is 24.3 Å². The molecule has 0 atom stereocenters. The summed E-state index contributed by atoms with van der Waals surface area (Å²) >= 11 is 0. The van der Waals surface area contributed by atoms with Crippen LogP contribution in [0.3, 0.4) is 0 Å². The van der Waals surface area contributed by atoms with Gasteiger partial charge in [0.15, 0.2) is 17.2 Å². The van der Waals surface area contributed by atoms with Crippen molar-refractivity contribution in [1.29, 1.82) is 0 Å². The molecule has 1 fully saturated rings. The van der Waals surface area contributed by atoms with Gasteiger partial charge >= 0.3 is 6.15 Å². The highest BCUT2D eigenvalue weighted by atomic mass is 19.1. The second kappa shape index (κ2) is 13.4. The number of ketones is 1. The van der Waals surface area contributed by atoms with E-state index < -0.39 is 0 Å². The Hall–Kier alpha value is -3.72. The van der Waals surface area contributed by atoms with E-state index in [0.717, 1.165) is 56.5 Å². The van der Waals surface area contributed by atoms with Crippen molar-refractivity contribution in [2.24, 2.45) is 5.73 Å². The number of carbonyl (C=O) groups excluding carboxylic acids is 3. The van der Waals surface area contributed by atoms with E-state index in [2.05, 4.69) is 19.8 Å². The minimum atomic E-state index is -0.311. The number of carbonyl (C=O) groups is 1. The summed E-state index contributed by atoms with van der Waals surface area (Å²) in [5, 5.41) is 11.5. The first kappa shape index (κ1) is 26.9. The molecule has 3 heterocycles. The van der Waals surface area contributed by atoms with Crippen LogP contribution >= 0.6 is 0 Å². The fourth-order valence-corrected chi connectivity index (χ4v) is 4.23. The Morgan fingerprint density at radius 3 is 2.44 bits per heavy atom. The lowest BCUT2D eigenvalue weighted by Gasteiger charge is -2.36. The topological polar surface area (TPSA) is 130 Å². The molecule has 0 bridgehead atoms. The lowest BCUT2D eigenvalue weighted by Crippen LogP contribution is -2.47. The van der Waals surface area contributed by atoms with E-state index >= 15 is 0 Å². The molecule has 3 aromatic rings. The van der Waals surface area contributed by atoms with Crippen LogP contribution in [0.2, 0.25) is 0 Å². The number of anilines is 1. The van der Waals surface area contributed by atoms with Gasteiger partial charge in [0, 0.05) is 44.2 Å². The minimum absolute atomic E-state index is 0.0451. The summed E-state index contributed by atoms with van der Waals surface area (Å²) in [5.74, 6) is -0.0679. The molecule has 1 aromatic carbocycles. The molecule has 1 aliphatic heterocycles. The van der Waals surface area contributed by atoms with Crippen molar-refractivity contribution in [2.45, 2.75) is 25.7 Å². The molecule has 0 amide bonds. The monoisotopic (exact) mass is 495 g/mol. The van der Waals surface area contributed by atoms with Crippen LogP contribution in [-0.2, 0) is 16.0 Å². The van der Waals surface area contributed by atoms with Crippen LogP contribution in [0.15, 0.2) is 42.6 Å². The predicted octanol–water partition coefficient (Wildman–Crippen LogP) is 2.57. The molecule has 190 valence electrons. The van der Waals surface area contributed by atoms with Crippen LogP contribution in [-0.4, -0.2) is 71.2 Å². The number of hydrogen-bond acceptors (Lipinski definition) is 9. The first-order valence-electron chi connectivity index (χ1n) is 11.9. The number of fused-ring (bicyclic) bond motifs is 1. The molecule has 0 radical (unpaired) electrons. The van der Waals surface area contributed by atoms with Crippen molar-refractivity contribution >= 4 is 28.7 Å². The average molecular weight is 496 g/mol. The molecule has 9 nitrogen and oxygen atoms in total. The molecule has 1 aliphatic rings. The number of nitrogens with two attached hydrogens (primary N) is 1. The van der Waals surface area contributed by atoms with Crippen LogP contribution in [0, 0.1) is 5.82 Å². The summed E-state index contributed by atoms with van der Waals surface area (Å²) in [7, 11) is 0. The zero-order valence-electron chi connectivity index (χ0n) is 20.0. The van der Waals surface area contributed by atoms with Gasteiger partial charge in [0.1, 0.15) is 17.2 Å². The van der Waals surface area contributed by atoms with Crippen molar-refractivity contribution in [2.75, 3.05) is 44.2 Å². The fraction of sp³-hybridized carbons (Fsp3) is 0.385. The number of nitrogens with zero attached hydrogens (tertiary/aromatic N) is 4. The van der Waals surface area contributed by atoms with Crippen LogP contribution in [0.1, 0.15) is 35.3 Å². The maximum Gasteiger partial charge on any atom is 0.373 e. The van der Waals surface area contributed by atoms with Crippen molar-refractivity contribution in [3.8, 4) is 5.75 Å². The maximum atomic E-state index is 13.1. The molecule has 0 unspecified atom stereocenters. The molecule has 36 heavy (non-hydrogen) atoms. The molecule has 0 aliphatic carbocycles. The second-order valence-electron chi connectivity index (χ2n) is 8.49. The summed E-state index contributed by atoms with van der Waals surface area (Å²) in [5.41, 5.74) is 6.89. The third kappa shape index (κ3) is 6.91. The number of rotatable bonds is 9. The van der Waals surface area contributed by atoms with E-state index in [4.69, 9.17) is 15.3 Å². The first-order chi connectivity index (χ1) is 17.5. The fourth-order valence-electron chi connectivity index (χ4n) is 4.23. The number of aromatic nitrogens is 2. The van der Waals surface area contributed by atoms with Gasteiger partial charge in [0.2, 0.25) is 0 Å². The number of pyridine rings is 2. The third-order valence-electron chi connectivity index (χ3n) is 6.13.